The molecule has 1 aromatic rings. The van der Waals surface area contributed by atoms with E-state index in [0.29, 0.717) is 24.8 Å². The quantitative estimate of drug-likeness (QED) is 0.772. The van der Waals surface area contributed by atoms with Gasteiger partial charge in [0.05, 0.1) is 6.04 Å². The van der Waals surface area contributed by atoms with Crippen LogP contribution in [0.4, 0.5) is 4.79 Å². The average molecular weight is 276 g/mol. The van der Waals surface area contributed by atoms with Crippen molar-refractivity contribution in [3.8, 4) is 0 Å². The number of hydrogen-bond acceptors (Lipinski definition) is 2. The second-order valence-corrected chi connectivity index (χ2v) is 5.83. The van der Waals surface area contributed by atoms with Crippen LogP contribution >= 0.6 is 0 Å². The first-order chi connectivity index (χ1) is 9.61. The number of nitrogens with one attached hydrogen (secondary N) is 2. The van der Waals surface area contributed by atoms with Gasteiger partial charge in [0, 0.05) is 13.2 Å². The van der Waals surface area contributed by atoms with E-state index in [9.17, 15) is 4.79 Å². The second-order valence-electron chi connectivity index (χ2n) is 5.83. The lowest BCUT2D eigenvalue weighted by atomic mass is 10.0. The minimum absolute atomic E-state index is 0.0966. The molecule has 0 heterocycles. The average Bonchev–Trinajstić information content (AvgIpc) is 2.73. The maximum absolute atomic E-state index is 12.0. The van der Waals surface area contributed by atoms with Gasteiger partial charge < -0.3 is 15.7 Å². The zero-order chi connectivity index (χ0) is 14.5. The van der Waals surface area contributed by atoms with Gasteiger partial charge in [0.1, 0.15) is 0 Å². The van der Waals surface area contributed by atoms with Crippen LogP contribution in [0.5, 0.6) is 0 Å². The van der Waals surface area contributed by atoms with E-state index in [4.69, 9.17) is 5.11 Å². The second kappa shape index (κ2) is 6.75. The van der Waals surface area contributed by atoms with Crippen LogP contribution < -0.4 is 10.6 Å². The fourth-order valence-electron chi connectivity index (χ4n) is 2.80. The topological polar surface area (TPSA) is 61.4 Å². The van der Waals surface area contributed by atoms with Gasteiger partial charge in [-0.15, -0.1) is 0 Å². The Bertz CT molecular complexity index is 462. The molecule has 110 valence electrons. The first-order valence-corrected chi connectivity index (χ1v) is 7.34. The van der Waals surface area contributed by atoms with E-state index < -0.39 is 0 Å². The molecule has 1 aliphatic carbocycles. The summed E-state index contributed by atoms with van der Waals surface area (Å²) in [5.74, 6) is 0.715. The van der Waals surface area contributed by atoms with E-state index in [1.54, 1.807) is 0 Å². The Labute approximate surface area is 120 Å². The van der Waals surface area contributed by atoms with Crippen molar-refractivity contribution in [3.63, 3.8) is 0 Å². The number of hydrogen-bond donors (Lipinski definition) is 3. The molecule has 1 aliphatic rings. The Hall–Kier alpha value is -1.55. The van der Waals surface area contributed by atoms with E-state index in [-0.39, 0.29) is 18.7 Å². The molecule has 3 unspecified atom stereocenters. The molecule has 0 fully saturated rings. The van der Waals surface area contributed by atoms with Crippen LogP contribution in [0.25, 0.3) is 0 Å². The van der Waals surface area contributed by atoms with E-state index in [2.05, 4.69) is 29.7 Å². The molecule has 0 saturated heterocycles. The van der Waals surface area contributed by atoms with Crippen molar-refractivity contribution >= 4 is 6.03 Å². The van der Waals surface area contributed by atoms with Crippen molar-refractivity contribution in [3.05, 3.63) is 35.4 Å². The summed E-state index contributed by atoms with van der Waals surface area (Å²) in [6.45, 7) is 4.94. The van der Waals surface area contributed by atoms with Crippen molar-refractivity contribution in [2.45, 2.75) is 32.7 Å². The van der Waals surface area contributed by atoms with Crippen LogP contribution in [-0.2, 0) is 6.42 Å². The predicted octanol–water partition coefficient (Wildman–Crippen LogP) is 2.24. The van der Waals surface area contributed by atoms with Crippen LogP contribution in [0.1, 0.15) is 37.4 Å². The van der Waals surface area contributed by atoms with Crippen molar-refractivity contribution in [1.29, 1.82) is 0 Å². The number of carbonyl (C=O) groups excluding carboxylic acids is 1. The monoisotopic (exact) mass is 276 g/mol. The highest BCUT2D eigenvalue weighted by Crippen LogP contribution is 2.35. The number of urea groups is 1. The minimum atomic E-state index is -0.122. The number of benzene rings is 1. The largest absolute Gasteiger partial charge is 0.396 e. The summed E-state index contributed by atoms with van der Waals surface area (Å²) in [6.07, 6.45) is 1.73. The first-order valence-electron chi connectivity index (χ1n) is 7.34. The standard InChI is InChI=1S/C16H24N2O2/c1-11(7-8-19)10-17-16(20)18-15-12(2)9-13-5-3-4-6-14(13)15/h3-6,11-12,15,19H,7-10H2,1-2H3,(H2,17,18,20). The molecule has 0 saturated carbocycles. The molecule has 0 aromatic heterocycles. The lowest BCUT2D eigenvalue weighted by Crippen LogP contribution is -2.40. The molecule has 0 bridgehead atoms. The number of aliphatic hydroxyl groups excluding tert-OH is 1. The summed E-state index contributed by atoms with van der Waals surface area (Å²) in [4.78, 5) is 12.0. The van der Waals surface area contributed by atoms with Gasteiger partial charge in [0.2, 0.25) is 0 Å². The summed E-state index contributed by atoms with van der Waals surface area (Å²) >= 11 is 0. The Balaban J connectivity index is 1.88. The van der Waals surface area contributed by atoms with Crippen LogP contribution in [-0.4, -0.2) is 24.3 Å². The molecule has 3 N–H and O–H groups in total. The Kier molecular flexibility index (Phi) is 5.01. The third-order valence-electron chi connectivity index (χ3n) is 4.02. The van der Waals surface area contributed by atoms with Crippen molar-refractivity contribution in [2.24, 2.45) is 11.8 Å². The van der Waals surface area contributed by atoms with Crippen LogP contribution in [0.3, 0.4) is 0 Å². The molecule has 4 heteroatoms. The lowest BCUT2D eigenvalue weighted by molar-refractivity contribution is 0.227. The molecule has 0 aliphatic heterocycles. The maximum atomic E-state index is 12.0. The first kappa shape index (κ1) is 14.9. The Morgan fingerprint density at radius 3 is 2.95 bits per heavy atom. The summed E-state index contributed by atoms with van der Waals surface area (Å²) in [5.41, 5.74) is 2.57. The fourth-order valence-corrected chi connectivity index (χ4v) is 2.80. The van der Waals surface area contributed by atoms with E-state index in [1.807, 2.05) is 19.1 Å². The van der Waals surface area contributed by atoms with Gasteiger partial charge in [-0.25, -0.2) is 4.79 Å². The van der Waals surface area contributed by atoms with Crippen LogP contribution in [0, 0.1) is 11.8 Å². The fraction of sp³-hybridized carbons (Fsp3) is 0.562. The summed E-state index contributed by atoms with van der Waals surface area (Å²) in [6, 6.07) is 8.27. The van der Waals surface area contributed by atoms with Gasteiger partial charge >= 0.3 is 6.03 Å². The van der Waals surface area contributed by atoms with Gasteiger partial charge in [0.15, 0.2) is 0 Å². The minimum Gasteiger partial charge on any atom is -0.396 e. The molecule has 2 amide bonds. The Morgan fingerprint density at radius 1 is 1.45 bits per heavy atom. The molecule has 0 spiro atoms. The number of fused-ring (bicyclic) bond motifs is 1. The number of amides is 2. The molecular formula is C16H24N2O2. The SMILES string of the molecule is CC(CCO)CNC(=O)NC1c2ccccc2CC1C. The van der Waals surface area contributed by atoms with Crippen molar-refractivity contribution in [2.75, 3.05) is 13.2 Å². The third kappa shape index (κ3) is 3.51. The summed E-state index contributed by atoms with van der Waals surface area (Å²) in [7, 11) is 0. The molecule has 2 rings (SSSR count). The Morgan fingerprint density at radius 2 is 2.20 bits per heavy atom. The van der Waals surface area contributed by atoms with E-state index >= 15 is 0 Å². The molecule has 1 aromatic carbocycles. The number of rotatable bonds is 5. The van der Waals surface area contributed by atoms with E-state index in [0.717, 1.165) is 6.42 Å². The van der Waals surface area contributed by atoms with Crippen molar-refractivity contribution < 1.29 is 9.90 Å². The highest BCUT2D eigenvalue weighted by Gasteiger charge is 2.30. The van der Waals surface area contributed by atoms with Crippen LogP contribution in [0.2, 0.25) is 0 Å². The third-order valence-corrected chi connectivity index (χ3v) is 4.02. The molecular weight excluding hydrogens is 252 g/mol. The lowest BCUT2D eigenvalue weighted by Gasteiger charge is -2.20. The van der Waals surface area contributed by atoms with Gasteiger partial charge in [-0.1, -0.05) is 38.1 Å². The predicted molar refractivity (Wildman–Crippen MR) is 79.5 cm³/mol. The zero-order valence-electron chi connectivity index (χ0n) is 12.2. The summed E-state index contributed by atoms with van der Waals surface area (Å²) < 4.78 is 0. The molecule has 0 radical (unpaired) electrons. The molecule has 3 atom stereocenters. The van der Waals surface area contributed by atoms with Gasteiger partial charge in [-0.2, -0.15) is 0 Å². The number of aliphatic hydroxyl groups is 1. The van der Waals surface area contributed by atoms with Gasteiger partial charge in [-0.05, 0) is 35.8 Å². The van der Waals surface area contributed by atoms with Crippen LogP contribution in [0.15, 0.2) is 24.3 Å². The molecule has 4 nitrogen and oxygen atoms in total. The van der Waals surface area contributed by atoms with Crippen molar-refractivity contribution in [1.82, 2.24) is 10.6 Å². The normalized spacial score (nSPS) is 22.1. The van der Waals surface area contributed by atoms with E-state index in [1.165, 1.54) is 11.1 Å². The highest BCUT2D eigenvalue weighted by atomic mass is 16.3. The highest BCUT2D eigenvalue weighted by molar-refractivity contribution is 5.74. The van der Waals surface area contributed by atoms with Gasteiger partial charge in [-0.3, -0.25) is 0 Å². The zero-order valence-corrected chi connectivity index (χ0v) is 12.2. The maximum Gasteiger partial charge on any atom is 0.315 e. The number of carbonyl (C=O) groups is 1. The summed E-state index contributed by atoms with van der Waals surface area (Å²) in [5, 5.41) is 14.8. The van der Waals surface area contributed by atoms with Gasteiger partial charge in [0.25, 0.3) is 0 Å². The molecule has 20 heavy (non-hydrogen) atoms. The smallest absolute Gasteiger partial charge is 0.315 e.